The van der Waals surface area contributed by atoms with E-state index >= 15 is 0 Å². The van der Waals surface area contributed by atoms with Gasteiger partial charge in [0.1, 0.15) is 22.1 Å². The molecule has 3 rings (SSSR count). The van der Waals surface area contributed by atoms with Gasteiger partial charge in [0.05, 0.1) is 0 Å². The minimum Gasteiger partial charge on any atom is -0.365 e. The average molecular weight is 303 g/mol. The number of primary amides is 1. The van der Waals surface area contributed by atoms with E-state index in [9.17, 15) is 14.0 Å². The molecule has 0 saturated heterocycles. The van der Waals surface area contributed by atoms with Crippen molar-refractivity contribution in [2.45, 2.75) is 6.92 Å². The smallest absolute Gasteiger partial charge is 0.260 e. The fourth-order valence-corrected chi connectivity index (χ4v) is 3.21. The fourth-order valence-electron chi connectivity index (χ4n) is 2.23. The standard InChI is InChI=1S/C14H10FN3O2S/c1-7-12(13(16)20)21-14-17-11(10(6-19)18(7)14)8-2-4-9(15)5-3-8/h2-6H,1H3,(H2,16,20). The van der Waals surface area contributed by atoms with E-state index in [1.54, 1.807) is 23.5 Å². The Morgan fingerprint density at radius 3 is 2.62 bits per heavy atom. The van der Waals surface area contributed by atoms with Gasteiger partial charge in [-0.25, -0.2) is 9.37 Å². The second kappa shape index (κ2) is 4.78. The van der Waals surface area contributed by atoms with E-state index in [0.29, 0.717) is 38.8 Å². The van der Waals surface area contributed by atoms with Crippen LogP contribution in [0.5, 0.6) is 0 Å². The summed E-state index contributed by atoms with van der Waals surface area (Å²) in [5.41, 5.74) is 7.28. The molecule has 1 amide bonds. The molecule has 7 heteroatoms. The third-order valence-electron chi connectivity index (χ3n) is 3.19. The number of aryl methyl sites for hydroxylation is 1. The van der Waals surface area contributed by atoms with Gasteiger partial charge in [0.15, 0.2) is 11.2 Å². The van der Waals surface area contributed by atoms with E-state index in [4.69, 9.17) is 5.73 Å². The van der Waals surface area contributed by atoms with Gasteiger partial charge in [0.25, 0.3) is 5.91 Å². The Morgan fingerprint density at radius 1 is 1.38 bits per heavy atom. The van der Waals surface area contributed by atoms with Crippen molar-refractivity contribution in [3.63, 3.8) is 0 Å². The van der Waals surface area contributed by atoms with Gasteiger partial charge in [-0.1, -0.05) is 11.3 Å². The molecule has 0 radical (unpaired) electrons. The van der Waals surface area contributed by atoms with Crippen LogP contribution in [0, 0.1) is 12.7 Å². The number of hydrogen-bond donors (Lipinski definition) is 1. The molecule has 0 bridgehead atoms. The first kappa shape index (κ1) is 13.4. The second-order valence-electron chi connectivity index (χ2n) is 4.47. The molecule has 1 aromatic carbocycles. The first-order chi connectivity index (χ1) is 10.0. The van der Waals surface area contributed by atoms with Gasteiger partial charge in [0, 0.05) is 11.3 Å². The summed E-state index contributed by atoms with van der Waals surface area (Å²) in [6.07, 6.45) is 0.670. The van der Waals surface area contributed by atoms with Gasteiger partial charge in [0.2, 0.25) is 0 Å². The van der Waals surface area contributed by atoms with Crippen molar-refractivity contribution in [3.8, 4) is 11.3 Å². The van der Waals surface area contributed by atoms with Crippen LogP contribution >= 0.6 is 11.3 Å². The third kappa shape index (κ3) is 2.02. The quantitative estimate of drug-likeness (QED) is 0.755. The van der Waals surface area contributed by atoms with Crippen LogP contribution in [-0.4, -0.2) is 21.6 Å². The predicted molar refractivity (Wildman–Crippen MR) is 77.1 cm³/mol. The highest BCUT2D eigenvalue weighted by Crippen LogP contribution is 2.30. The monoisotopic (exact) mass is 303 g/mol. The Hall–Kier alpha value is -2.54. The molecular weight excluding hydrogens is 293 g/mol. The molecule has 21 heavy (non-hydrogen) atoms. The first-order valence-corrected chi connectivity index (χ1v) is 6.87. The number of halogens is 1. The molecule has 0 aliphatic rings. The van der Waals surface area contributed by atoms with Gasteiger partial charge < -0.3 is 5.73 Å². The molecular formula is C14H10FN3O2S. The fraction of sp³-hybridized carbons (Fsp3) is 0.0714. The molecule has 5 nitrogen and oxygen atoms in total. The number of rotatable bonds is 3. The normalized spacial score (nSPS) is 11.0. The van der Waals surface area contributed by atoms with Crippen LogP contribution in [0.4, 0.5) is 4.39 Å². The molecule has 3 aromatic rings. The highest BCUT2D eigenvalue weighted by Gasteiger charge is 2.21. The number of thiazole rings is 1. The topological polar surface area (TPSA) is 77.5 Å². The number of benzene rings is 1. The Balaban J connectivity index is 2.28. The largest absolute Gasteiger partial charge is 0.365 e. The number of aromatic nitrogens is 2. The van der Waals surface area contributed by atoms with Crippen LogP contribution in [-0.2, 0) is 0 Å². The zero-order valence-corrected chi connectivity index (χ0v) is 11.8. The first-order valence-electron chi connectivity index (χ1n) is 6.05. The Bertz CT molecular complexity index is 865. The molecule has 2 aromatic heterocycles. The highest BCUT2D eigenvalue weighted by atomic mass is 32.1. The lowest BCUT2D eigenvalue weighted by atomic mass is 10.1. The number of carbonyl (C=O) groups is 2. The van der Waals surface area contributed by atoms with Gasteiger partial charge in [-0.3, -0.25) is 14.0 Å². The summed E-state index contributed by atoms with van der Waals surface area (Å²) in [6.45, 7) is 1.70. The molecule has 106 valence electrons. The van der Waals surface area contributed by atoms with Crippen molar-refractivity contribution in [2.75, 3.05) is 0 Å². The van der Waals surface area contributed by atoms with Crippen molar-refractivity contribution in [3.05, 3.63) is 46.3 Å². The predicted octanol–water partition coefficient (Wildman–Crippen LogP) is 2.42. The molecule has 2 heterocycles. The van der Waals surface area contributed by atoms with E-state index in [0.717, 1.165) is 11.3 Å². The Morgan fingerprint density at radius 2 is 2.05 bits per heavy atom. The molecule has 0 saturated carbocycles. The average Bonchev–Trinajstić information content (AvgIpc) is 2.97. The summed E-state index contributed by atoms with van der Waals surface area (Å²) in [6, 6.07) is 5.72. The van der Waals surface area contributed by atoms with Crippen LogP contribution in [0.25, 0.3) is 16.2 Å². The van der Waals surface area contributed by atoms with Crippen LogP contribution in [0.15, 0.2) is 24.3 Å². The van der Waals surface area contributed by atoms with Crippen LogP contribution in [0.3, 0.4) is 0 Å². The van der Waals surface area contributed by atoms with Crippen molar-refractivity contribution < 1.29 is 14.0 Å². The minimum atomic E-state index is -0.553. The van der Waals surface area contributed by atoms with Crippen molar-refractivity contribution in [1.29, 1.82) is 0 Å². The maximum Gasteiger partial charge on any atom is 0.260 e. The number of carbonyl (C=O) groups excluding carboxylic acids is 2. The summed E-state index contributed by atoms with van der Waals surface area (Å²) in [5, 5.41) is 0. The van der Waals surface area contributed by atoms with Crippen LogP contribution in [0.1, 0.15) is 25.9 Å². The SMILES string of the molecule is Cc1c(C(N)=O)sc2nc(-c3ccc(F)cc3)c(C=O)n12. The molecule has 0 aliphatic carbocycles. The lowest BCUT2D eigenvalue weighted by Crippen LogP contribution is -2.11. The van der Waals surface area contributed by atoms with Gasteiger partial charge in [-0.15, -0.1) is 0 Å². The number of nitrogens with two attached hydrogens (primary N) is 1. The number of fused-ring (bicyclic) bond motifs is 1. The van der Waals surface area contributed by atoms with Gasteiger partial charge in [-0.2, -0.15) is 0 Å². The zero-order chi connectivity index (χ0) is 15.1. The molecule has 2 N–H and O–H groups in total. The summed E-state index contributed by atoms with van der Waals surface area (Å²) >= 11 is 1.12. The highest BCUT2D eigenvalue weighted by molar-refractivity contribution is 7.19. The number of hydrogen-bond acceptors (Lipinski definition) is 4. The summed E-state index contributed by atoms with van der Waals surface area (Å²) in [7, 11) is 0. The number of imidazole rings is 1. The van der Waals surface area contributed by atoms with Crippen molar-refractivity contribution >= 4 is 28.5 Å². The third-order valence-corrected chi connectivity index (χ3v) is 4.35. The number of nitrogens with zero attached hydrogens (tertiary/aromatic N) is 2. The maximum absolute atomic E-state index is 13.0. The lowest BCUT2D eigenvalue weighted by molar-refractivity contribution is 0.100. The van der Waals surface area contributed by atoms with Gasteiger partial charge in [-0.05, 0) is 31.2 Å². The Kier molecular flexibility index (Phi) is 3.06. The summed E-state index contributed by atoms with van der Waals surface area (Å²) in [4.78, 5) is 28.0. The number of amides is 1. The van der Waals surface area contributed by atoms with Crippen molar-refractivity contribution in [2.24, 2.45) is 5.73 Å². The van der Waals surface area contributed by atoms with E-state index in [2.05, 4.69) is 4.98 Å². The molecule has 0 fully saturated rings. The molecule has 0 atom stereocenters. The second-order valence-corrected chi connectivity index (χ2v) is 5.45. The van der Waals surface area contributed by atoms with Crippen LogP contribution in [0.2, 0.25) is 0 Å². The molecule has 0 unspecified atom stereocenters. The maximum atomic E-state index is 13.0. The van der Waals surface area contributed by atoms with E-state index in [1.807, 2.05) is 0 Å². The van der Waals surface area contributed by atoms with E-state index in [1.165, 1.54) is 12.1 Å². The van der Waals surface area contributed by atoms with E-state index < -0.39 is 5.91 Å². The van der Waals surface area contributed by atoms with Crippen molar-refractivity contribution in [1.82, 2.24) is 9.38 Å². The van der Waals surface area contributed by atoms with Gasteiger partial charge >= 0.3 is 0 Å². The van der Waals surface area contributed by atoms with Crippen LogP contribution < -0.4 is 5.73 Å². The van der Waals surface area contributed by atoms with E-state index in [-0.39, 0.29) is 5.82 Å². The zero-order valence-electron chi connectivity index (χ0n) is 11.0. The number of aldehydes is 1. The molecule has 0 aliphatic heterocycles. The summed E-state index contributed by atoms with van der Waals surface area (Å²) in [5.74, 6) is -0.914. The minimum absolute atomic E-state index is 0.317. The Labute approximate surface area is 122 Å². The molecule has 0 spiro atoms. The lowest BCUT2D eigenvalue weighted by Gasteiger charge is -2.00. The summed E-state index contributed by atoms with van der Waals surface area (Å²) < 4.78 is 14.6.